The number of hydrogen-bond acceptors (Lipinski definition) is 4. The van der Waals surface area contributed by atoms with Gasteiger partial charge in [-0.15, -0.1) is 0 Å². The Morgan fingerprint density at radius 1 is 1.29 bits per heavy atom. The van der Waals surface area contributed by atoms with Gasteiger partial charge in [-0.05, 0) is 44.4 Å². The van der Waals surface area contributed by atoms with E-state index < -0.39 is 0 Å². The molecule has 7 heteroatoms. The summed E-state index contributed by atoms with van der Waals surface area (Å²) < 4.78 is 1.28. The van der Waals surface area contributed by atoms with Crippen LogP contribution < -0.4 is 10.9 Å². The van der Waals surface area contributed by atoms with Gasteiger partial charge in [0.15, 0.2) is 0 Å². The second kappa shape index (κ2) is 6.27. The maximum Gasteiger partial charge on any atom is 0.277 e. The van der Waals surface area contributed by atoms with E-state index in [1.165, 1.54) is 10.8 Å². The summed E-state index contributed by atoms with van der Waals surface area (Å²) in [5.74, 6) is 0.207. The summed E-state index contributed by atoms with van der Waals surface area (Å²) in [6.07, 6.45) is 1.96. The van der Waals surface area contributed by atoms with Crippen molar-refractivity contribution in [2.45, 2.75) is 33.6 Å². The highest BCUT2D eigenvalue weighted by atomic mass is 16.1. The molecule has 0 saturated heterocycles. The van der Waals surface area contributed by atoms with Crippen molar-refractivity contribution in [3.8, 4) is 0 Å². The third-order valence-electron chi connectivity index (χ3n) is 4.00. The van der Waals surface area contributed by atoms with Crippen LogP contribution >= 0.6 is 0 Å². The quantitative estimate of drug-likeness (QED) is 0.766. The van der Waals surface area contributed by atoms with E-state index >= 15 is 0 Å². The van der Waals surface area contributed by atoms with Crippen LogP contribution in [0.1, 0.15) is 28.8 Å². The van der Waals surface area contributed by atoms with Crippen molar-refractivity contribution < 1.29 is 4.79 Å². The number of amides is 1. The summed E-state index contributed by atoms with van der Waals surface area (Å²) in [7, 11) is 0. The van der Waals surface area contributed by atoms with Crippen molar-refractivity contribution in [2.75, 3.05) is 5.32 Å². The van der Waals surface area contributed by atoms with Gasteiger partial charge in [0.1, 0.15) is 6.33 Å². The predicted molar refractivity (Wildman–Crippen MR) is 91.2 cm³/mol. The maximum atomic E-state index is 12.4. The lowest BCUT2D eigenvalue weighted by molar-refractivity contribution is -0.116. The minimum Gasteiger partial charge on any atom is -0.326 e. The van der Waals surface area contributed by atoms with Crippen LogP contribution in [0.4, 0.5) is 5.69 Å². The van der Waals surface area contributed by atoms with Crippen molar-refractivity contribution in [1.29, 1.82) is 0 Å². The topological polar surface area (TPSA) is 92.2 Å². The fourth-order valence-corrected chi connectivity index (χ4v) is 2.60. The number of benzene rings is 1. The zero-order chi connectivity index (χ0) is 17.3. The van der Waals surface area contributed by atoms with Gasteiger partial charge >= 0.3 is 0 Å². The molecule has 0 aliphatic rings. The number of nitrogens with one attached hydrogen (secondary N) is 2. The second-order valence-electron chi connectivity index (χ2n) is 5.87. The molecule has 124 valence electrons. The summed E-state index contributed by atoms with van der Waals surface area (Å²) >= 11 is 0. The first kappa shape index (κ1) is 15.9. The normalized spacial score (nSPS) is 11.0. The Morgan fingerprint density at radius 2 is 2.08 bits per heavy atom. The van der Waals surface area contributed by atoms with E-state index in [-0.39, 0.29) is 17.9 Å². The third kappa shape index (κ3) is 3.05. The van der Waals surface area contributed by atoms with Crippen LogP contribution in [-0.4, -0.2) is 25.5 Å². The number of aromatic amines is 1. The fraction of sp³-hybridized carbons (Fsp3) is 0.294. The van der Waals surface area contributed by atoms with Crippen LogP contribution in [0.15, 0.2) is 29.3 Å². The summed E-state index contributed by atoms with van der Waals surface area (Å²) in [6.45, 7) is 5.68. The summed E-state index contributed by atoms with van der Waals surface area (Å²) in [5, 5.41) is 5.63. The van der Waals surface area contributed by atoms with E-state index in [9.17, 15) is 9.59 Å². The number of fused-ring (bicyclic) bond motifs is 1. The van der Waals surface area contributed by atoms with Crippen molar-refractivity contribution >= 4 is 17.4 Å². The molecule has 3 aromatic rings. The van der Waals surface area contributed by atoms with Crippen LogP contribution in [0.5, 0.6) is 0 Å². The van der Waals surface area contributed by atoms with Gasteiger partial charge in [-0.1, -0.05) is 12.1 Å². The molecule has 0 unspecified atom stereocenters. The van der Waals surface area contributed by atoms with Crippen molar-refractivity contribution in [3.05, 3.63) is 57.3 Å². The standard InChI is InChI=1S/C17H19N5O2/c1-10-4-5-11(2)14(8-10)21-15(23)7-6-13-12(3)20-17-18-9-19-22(17)16(13)24/h4-5,8-9H,6-7H2,1-3H3,(H,21,23)(H,18,19,20). The van der Waals surface area contributed by atoms with E-state index in [0.29, 0.717) is 23.5 Å². The molecule has 7 nitrogen and oxygen atoms in total. The number of hydrogen-bond donors (Lipinski definition) is 2. The molecule has 0 atom stereocenters. The number of carbonyl (C=O) groups excluding carboxylic acids is 1. The Hall–Kier alpha value is -2.96. The van der Waals surface area contributed by atoms with E-state index in [2.05, 4.69) is 20.4 Å². The molecular formula is C17H19N5O2. The number of anilines is 1. The van der Waals surface area contributed by atoms with Crippen molar-refractivity contribution in [2.24, 2.45) is 0 Å². The molecule has 1 amide bonds. The van der Waals surface area contributed by atoms with E-state index in [4.69, 9.17) is 0 Å². The molecular weight excluding hydrogens is 306 g/mol. The molecule has 0 fully saturated rings. The number of carbonyl (C=O) groups is 1. The number of H-pyrrole nitrogens is 1. The van der Waals surface area contributed by atoms with Gasteiger partial charge in [0.2, 0.25) is 5.91 Å². The lowest BCUT2D eigenvalue weighted by atomic mass is 10.1. The monoisotopic (exact) mass is 325 g/mol. The lowest BCUT2D eigenvalue weighted by Gasteiger charge is -2.10. The molecule has 2 N–H and O–H groups in total. The molecule has 2 aromatic heterocycles. The summed E-state index contributed by atoms with van der Waals surface area (Å²) in [5.41, 5.74) is 3.80. The number of aromatic nitrogens is 4. The number of aryl methyl sites for hydroxylation is 3. The first-order valence-electron chi connectivity index (χ1n) is 7.74. The Balaban J connectivity index is 1.75. The minimum absolute atomic E-state index is 0.128. The molecule has 0 saturated carbocycles. The van der Waals surface area contributed by atoms with Crippen LogP contribution in [0.25, 0.3) is 5.78 Å². The number of nitrogens with zero attached hydrogens (tertiary/aromatic N) is 3. The van der Waals surface area contributed by atoms with Crippen LogP contribution in [-0.2, 0) is 11.2 Å². The lowest BCUT2D eigenvalue weighted by Crippen LogP contribution is -2.23. The third-order valence-corrected chi connectivity index (χ3v) is 4.00. The molecule has 24 heavy (non-hydrogen) atoms. The van der Waals surface area contributed by atoms with Crippen molar-refractivity contribution in [3.63, 3.8) is 0 Å². The highest BCUT2D eigenvalue weighted by molar-refractivity contribution is 5.91. The maximum absolute atomic E-state index is 12.4. The predicted octanol–water partition coefficient (Wildman–Crippen LogP) is 1.91. The average Bonchev–Trinajstić information content (AvgIpc) is 2.99. The average molecular weight is 325 g/mol. The zero-order valence-electron chi connectivity index (χ0n) is 13.9. The zero-order valence-corrected chi connectivity index (χ0v) is 13.9. The van der Waals surface area contributed by atoms with E-state index in [1.807, 2.05) is 32.0 Å². The molecule has 0 bridgehead atoms. The Kier molecular flexibility index (Phi) is 4.16. The Morgan fingerprint density at radius 3 is 2.88 bits per heavy atom. The van der Waals surface area contributed by atoms with Crippen LogP contribution in [0.3, 0.4) is 0 Å². The molecule has 2 heterocycles. The molecule has 3 rings (SSSR count). The van der Waals surface area contributed by atoms with E-state index in [0.717, 1.165) is 16.8 Å². The SMILES string of the molecule is Cc1ccc(C)c(NC(=O)CCc2c(C)nc3nc[nH]n3c2=O)c1. The summed E-state index contributed by atoms with van der Waals surface area (Å²) in [6, 6.07) is 5.91. The number of rotatable bonds is 4. The Bertz CT molecular complexity index is 971. The van der Waals surface area contributed by atoms with E-state index in [1.54, 1.807) is 6.92 Å². The van der Waals surface area contributed by atoms with Crippen LogP contribution in [0, 0.1) is 20.8 Å². The first-order valence-corrected chi connectivity index (χ1v) is 7.74. The highest BCUT2D eigenvalue weighted by Crippen LogP contribution is 2.16. The van der Waals surface area contributed by atoms with Gasteiger partial charge in [-0.3, -0.25) is 14.7 Å². The highest BCUT2D eigenvalue weighted by Gasteiger charge is 2.13. The van der Waals surface area contributed by atoms with Gasteiger partial charge in [0.05, 0.1) is 5.69 Å². The smallest absolute Gasteiger partial charge is 0.277 e. The minimum atomic E-state index is -0.213. The van der Waals surface area contributed by atoms with Gasteiger partial charge in [-0.2, -0.15) is 4.52 Å². The summed E-state index contributed by atoms with van der Waals surface area (Å²) in [4.78, 5) is 32.9. The second-order valence-corrected chi connectivity index (χ2v) is 5.87. The molecule has 1 aromatic carbocycles. The largest absolute Gasteiger partial charge is 0.326 e. The Labute approximate surface area is 138 Å². The fourth-order valence-electron chi connectivity index (χ4n) is 2.60. The van der Waals surface area contributed by atoms with Crippen LogP contribution in [0.2, 0.25) is 0 Å². The first-order chi connectivity index (χ1) is 11.5. The molecule has 0 spiro atoms. The molecule has 0 aliphatic heterocycles. The van der Waals surface area contributed by atoms with Crippen molar-refractivity contribution in [1.82, 2.24) is 19.6 Å². The van der Waals surface area contributed by atoms with Gasteiger partial charge < -0.3 is 5.32 Å². The molecule has 0 radical (unpaired) electrons. The van der Waals surface area contributed by atoms with Gasteiger partial charge in [0, 0.05) is 17.7 Å². The van der Waals surface area contributed by atoms with Gasteiger partial charge in [0.25, 0.3) is 11.3 Å². The van der Waals surface area contributed by atoms with Gasteiger partial charge in [-0.25, -0.2) is 9.97 Å². The molecule has 0 aliphatic carbocycles.